The maximum atomic E-state index is 12.5. The van der Waals surface area contributed by atoms with Gasteiger partial charge in [0.05, 0.1) is 5.41 Å². The Morgan fingerprint density at radius 1 is 1.43 bits per heavy atom. The predicted octanol–water partition coefficient (Wildman–Crippen LogP) is 1.14. The maximum absolute atomic E-state index is 12.5. The molecule has 0 aromatic rings. The zero-order chi connectivity index (χ0) is 15.9. The van der Waals surface area contributed by atoms with Gasteiger partial charge in [0.2, 0.25) is 5.91 Å². The van der Waals surface area contributed by atoms with E-state index in [2.05, 4.69) is 12.2 Å². The third kappa shape index (κ3) is 4.97. The molecule has 6 nitrogen and oxygen atoms in total. The number of hydrogen-bond acceptors (Lipinski definition) is 4. The molecule has 0 bridgehead atoms. The van der Waals surface area contributed by atoms with Crippen LogP contribution in [0.15, 0.2) is 0 Å². The number of rotatable bonds is 8. The van der Waals surface area contributed by atoms with Gasteiger partial charge in [-0.15, -0.1) is 0 Å². The summed E-state index contributed by atoms with van der Waals surface area (Å²) in [5.41, 5.74) is 5.23. The lowest BCUT2D eigenvalue weighted by Crippen LogP contribution is -2.52. The molecule has 122 valence electrons. The number of carboxylic acid groups (broad SMARTS) is 1. The van der Waals surface area contributed by atoms with Crippen LogP contribution >= 0.6 is 0 Å². The summed E-state index contributed by atoms with van der Waals surface area (Å²) in [7, 11) is 1.57. The van der Waals surface area contributed by atoms with Gasteiger partial charge < -0.3 is 20.9 Å². The molecule has 0 saturated heterocycles. The molecule has 0 radical (unpaired) electrons. The van der Waals surface area contributed by atoms with Crippen LogP contribution in [0.25, 0.3) is 0 Å². The van der Waals surface area contributed by atoms with Crippen LogP contribution in [-0.2, 0) is 14.3 Å². The number of nitrogens with two attached hydrogens (primary N) is 1. The fraction of sp³-hybridized carbons (Fsp3) is 0.867. The Morgan fingerprint density at radius 3 is 2.52 bits per heavy atom. The summed E-state index contributed by atoms with van der Waals surface area (Å²) in [6, 6.07) is -0.865. The summed E-state index contributed by atoms with van der Waals surface area (Å²) in [6.07, 6.45) is 4.37. The molecular weight excluding hydrogens is 272 g/mol. The molecule has 0 aliphatic heterocycles. The normalized spacial score (nSPS) is 27.1. The lowest BCUT2D eigenvalue weighted by atomic mass is 9.70. The number of carbonyl (C=O) groups is 2. The molecular formula is C15H28N2O4. The van der Waals surface area contributed by atoms with Crippen molar-refractivity contribution in [2.75, 3.05) is 20.3 Å². The molecule has 0 aromatic carbocycles. The summed E-state index contributed by atoms with van der Waals surface area (Å²) >= 11 is 0. The number of ether oxygens (including phenoxy) is 1. The van der Waals surface area contributed by atoms with Gasteiger partial charge in [0.25, 0.3) is 0 Å². The Hall–Kier alpha value is -1.14. The number of carboxylic acids is 1. The first-order chi connectivity index (χ1) is 9.95. The first-order valence-electron chi connectivity index (χ1n) is 7.68. The standard InChI is InChI=1S/C15H28N2O4/c1-11-5-7-15(10-16,8-6-11)14(20)17-12(13(18)19)4-3-9-21-2/h11-12H,3-10,16H2,1-2H3,(H,17,20)(H,18,19). The van der Waals surface area contributed by atoms with Crippen molar-refractivity contribution in [3.05, 3.63) is 0 Å². The molecule has 6 heteroatoms. The van der Waals surface area contributed by atoms with Crippen molar-refractivity contribution in [1.29, 1.82) is 0 Å². The third-order valence-electron chi connectivity index (χ3n) is 4.55. The van der Waals surface area contributed by atoms with Crippen LogP contribution in [0.5, 0.6) is 0 Å². The molecule has 4 N–H and O–H groups in total. The SMILES string of the molecule is COCCCC(NC(=O)C1(CN)CCC(C)CC1)C(=O)O. The van der Waals surface area contributed by atoms with Gasteiger partial charge in [-0.1, -0.05) is 6.92 Å². The van der Waals surface area contributed by atoms with E-state index >= 15 is 0 Å². The minimum absolute atomic E-state index is 0.207. The number of aliphatic carboxylic acids is 1. The number of hydrogen-bond donors (Lipinski definition) is 3. The molecule has 1 saturated carbocycles. The highest BCUT2D eigenvalue weighted by Crippen LogP contribution is 2.38. The first kappa shape index (κ1) is 17.9. The fourth-order valence-electron chi connectivity index (χ4n) is 2.84. The van der Waals surface area contributed by atoms with E-state index in [-0.39, 0.29) is 12.5 Å². The number of methoxy groups -OCH3 is 1. The van der Waals surface area contributed by atoms with E-state index < -0.39 is 17.4 Å². The molecule has 1 fully saturated rings. The molecule has 0 aromatic heterocycles. The van der Waals surface area contributed by atoms with E-state index in [0.29, 0.717) is 25.4 Å². The monoisotopic (exact) mass is 300 g/mol. The second-order valence-corrected chi connectivity index (χ2v) is 6.17. The Kier molecular flexibility index (Phi) is 7.11. The predicted molar refractivity (Wildman–Crippen MR) is 79.8 cm³/mol. The van der Waals surface area contributed by atoms with E-state index in [0.717, 1.165) is 25.7 Å². The van der Waals surface area contributed by atoms with Crippen molar-refractivity contribution in [3.8, 4) is 0 Å². The van der Waals surface area contributed by atoms with E-state index in [1.165, 1.54) is 0 Å². The van der Waals surface area contributed by atoms with Gasteiger partial charge in [-0.2, -0.15) is 0 Å². The van der Waals surface area contributed by atoms with Crippen molar-refractivity contribution >= 4 is 11.9 Å². The van der Waals surface area contributed by atoms with Crippen LogP contribution < -0.4 is 11.1 Å². The average molecular weight is 300 g/mol. The molecule has 0 spiro atoms. The van der Waals surface area contributed by atoms with Gasteiger partial charge in [-0.05, 0) is 44.4 Å². The lowest BCUT2D eigenvalue weighted by Gasteiger charge is -2.37. The van der Waals surface area contributed by atoms with Crippen molar-refractivity contribution in [2.45, 2.75) is 51.5 Å². The van der Waals surface area contributed by atoms with Crippen molar-refractivity contribution < 1.29 is 19.4 Å². The highest BCUT2D eigenvalue weighted by atomic mass is 16.5. The summed E-state index contributed by atoms with van der Waals surface area (Å²) in [5, 5.41) is 11.9. The second-order valence-electron chi connectivity index (χ2n) is 6.17. The highest BCUT2D eigenvalue weighted by Gasteiger charge is 2.41. The first-order valence-corrected chi connectivity index (χ1v) is 7.68. The van der Waals surface area contributed by atoms with Gasteiger partial charge >= 0.3 is 5.97 Å². The molecule has 1 aliphatic rings. The Bertz CT molecular complexity index is 352. The summed E-state index contributed by atoms with van der Waals surface area (Å²) < 4.78 is 4.92. The summed E-state index contributed by atoms with van der Waals surface area (Å²) in [6.45, 7) is 2.93. The molecule has 0 heterocycles. The van der Waals surface area contributed by atoms with Crippen molar-refractivity contribution in [2.24, 2.45) is 17.1 Å². The van der Waals surface area contributed by atoms with Crippen LogP contribution in [0.2, 0.25) is 0 Å². The molecule has 21 heavy (non-hydrogen) atoms. The molecule has 1 aliphatic carbocycles. The smallest absolute Gasteiger partial charge is 0.326 e. The number of carbonyl (C=O) groups excluding carboxylic acids is 1. The zero-order valence-electron chi connectivity index (χ0n) is 13.1. The van der Waals surface area contributed by atoms with Crippen LogP contribution in [-0.4, -0.2) is 43.3 Å². The van der Waals surface area contributed by atoms with E-state index in [9.17, 15) is 14.7 Å². The van der Waals surface area contributed by atoms with Crippen LogP contribution in [0.1, 0.15) is 45.4 Å². The topological polar surface area (TPSA) is 102 Å². The quantitative estimate of drug-likeness (QED) is 0.583. The Balaban J connectivity index is 2.64. The fourth-order valence-corrected chi connectivity index (χ4v) is 2.84. The minimum Gasteiger partial charge on any atom is -0.480 e. The Morgan fingerprint density at radius 2 is 2.05 bits per heavy atom. The highest BCUT2D eigenvalue weighted by molar-refractivity contribution is 5.87. The molecule has 1 atom stereocenters. The number of amides is 1. The van der Waals surface area contributed by atoms with E-state index in [1.807, 2.05) is 0 Å². The summed E-state index contributed by atoms with van der Waals surface area (Å²) in [4.78, 5) is 23.8. The molecule has 1 unspecified atom stereocenters. The Labute approximate surface area is 126 Å². The van der Waals surface area contributed by atoms with Crippen molar-refractivity contribution in [1.82, 2.24) is 5.32 Å². The van der Waals surface area contributed by atoms with Gasteiger partial charge in [-0.25, -0.2) is 4.79 Å². The number of nitrogens with one attached hydrogen (secondary N) is 1. The minimum atomic E-state index is -1.00. The average Bonchev–Trinajstić information content (AvgIpc) is 2.47. The third-order valence-corrected chi connectivity index (χ3v) is 4.55. The van der Waals surface area contributed by atoms with E-state index in [1.54, 1.807) is 7.11 Å². The maximum Gasteiger partial charge on any atom is 0.326 e. The van der Waals surface area contributed by atoms with Crippen LogP contribution in [0.4, 0.5) is 0 Å². The lowest BCUT2D eigenvalue weighted by molar-refractivity contribution is -0.144. The van der Waals surface area contributed by atoms with E-state index in [4.69, 9.17) is 10.5 Å². The second kappa shape index (κ2) is 8.34. The van der Waals surface area contributed by atoms with Crippen LogP contribution in [0, 0.1) is 11.3 Å². The van der Waals surface area contributed by atoms with Crippen LogP contribution in [0.3, 0.4) is 0 Å². The largest absolute Gasteiger partial charge is 0.480 e. The van der Waals surface area contributed by atoms with Gasteiger partial charge in [0.15, 0.2) is 0 Å². The van der Waals surface area contributed by atoms with Gasteiger partial charge in [0.1, 0.15) is 6.04 Å². The van der Waals surface area contributed by atoms with Gasteiger partial charge in [0, 0.05) is 20.3 Å². The zero-order valence-corrected chi connectivity index (χ0v) is 13.1. The molecule has 1 amide bonds. The molecule has 1 rings (SSSR count). The van der Waals surface area contributed by atoms with Gasteiger partial charge in [-0.3, -0.25) is 4.79 Å². The van der Waals surface area contributed by atoms with Crippen molar-refractivity contribution in [3.63, 3.8) is 0 Å². The summed E-state index contributed by atoms with van der Waals surface area (Å²) in [5.74, 6) is -0.605.